The zero-order valence-corrected chi connectivity index (χ0v) is 36.4. The molecule has 0 aliphatic heterocycles. The number of benzene rings is 1. The summed E-state index contributed by atoms with van der Waals surface area (Å²) < 4.78 is 42.3. The number of aryl methyl sites for hydroxylation is 1. The SMILES string of the molecule is C=CCCC(C(=O)NC)n1c(=O)n(C)c2cc(CCOCCOCCOCCOCCNc3cc(Nc4cccn(-c5ccccn5)c4=O)nn4c(C(=O)N[C@@H]5C[C@@H]5F)cnc34)ccc21. The summed E-state index contributed by atoms with van der Waals surface area (Å²) in [5.41, 5.74) is 3.07. The van der Waals surface area contributed by atoms with Crippen molar-refractivity contribution in [2.45, 2.75) is 43.9 Å². The number of hydrogen-bond acceptors (Lipinski definition) is 13. The Morgan fingerprint density at radius 1 is 0.923 bits per heavy atom. The van der Waals surface area contributed by atoms with Crippen LogP contribution < -0.4 is 32.5 Å². The van der Waals surface area contributed by atoms with Gasteiger partial charge in [0.05, 0.1) is 81.8 Å². The number of hydrogen-bond donors (Lipinski definition) is 4. The number of nitrogens with one attached hydrogen (secondary N) is 4. The molecule has 20 heteroatoms. The summed E-state index contributed by atoms with van der Waals surface area (Å²) in [4.78, 5) is 61.0. The normalized spacial score (nSPS) is 14.9. The second kappa shape index (κ2) is 22.2. The molecule has 0 bridgehead atoms. The summed E-state index contributed by atoms with van der Waals surface area (Å²) in [6, 6.07) is 14.9. The van der Waals surface area contributed by atoms with E-state index in [-0.39, 0.29) is 40.8 Å². The van der Waals surface area contributed by atoms with Gasteiger partial charge in [-0.25, -0.2) is 23.7 Å². The smallest absolute Gasteiger partial charge is 0.329 e. The highest BCUT2D eigenvalue weighted by Gasteiger charge is 2.39. The van der Waals surface area contributed by atoms with E-state index < -0.39 is 24.2 Å². The molecule has 3 atom stereocenters. The fourth-order valence-electron chi connectivity index (χ4n) is 7.17. The van der Waals surface area contributed by atoms with Crippen molar-refractivity contribution in [1.29, 1.82) is 0 Å². The van der Waals surface area contributed by atoms with Crippen molar-refractivity contribution >= 4 is 45.7 Å². The number of ether oxygens (including phenoxy) is 4. The summed E-state index contributed by atoms with van der Waals surface area (Å²) in [5, 5.41) is 16.2. The van der Waals surface area contributed by atoms with Gasteiger partial charge in [-0.2, -0.15) is 0 Å². The third-order valence-electron chi connectivity index (χ3n) is 10.7. The zero-order chi connectivity index (χ0) is 45.7. The molecule has 1 aromatic carbocycles. The van der Waals surface area contributed by atoms with Crippen LogP contribution in [0.5, 0.6) is 0 Å². The minimum absolute atomic E-state index is 0.109. The Balaban J connectivity index is 0.812. The fourth-order valence-corrected chi connectivity index (χ4v) is 7.17. The van der Waals surface area contributed by atoms with E-state index in [9.17, 15) is 23.6 Å². The minimum atomic E-state index is -1.08. The third kappa shape index (κ3) is 11.5. The topological polar surface area (TPSA) is 211 Å². The molecule has 19 nitrogen and oxygen atoms in total. The highest BCUT2D eigenvalue weighted by Crippen LogP contribution is 2.27. The lowest BCUT2D eigenvalue weighted by atomic mass is 10.1. The highest BCUT2D eigenvalue weighted by atomic mass is 19.1. The number of pyridine rings is 2. The van der Waals surface area contributed by atoms with Crippen LogP contribution in [0.1, 0.15) is 41.4 Å². The summed E-state index contributed by atoms with van der Waals surface area (Å²) in [5.74, 6) is -0.0293. The van der Waals surface area contributed by atoms with Gasteiger partial charge < -0.3 is 40.2 Å². The molecule has 5 heterocycles. The predicted molar refractivity (Wildman–Crippen MR) is 242 cm³/mol. The van der Waals surface area contributed by atoms with Crippen LogP contribution in [0.4, 0.5) is 21.6 Å². The van der Waals surface area contributed by atoms with Gasteiger partial charge in [0, 0.05) is 45.5 Å². The highest BCUT2D eigenvalue weighted by molar-refractivity contribution is 5.94. The Morgan fingerprint density at radius 2 is 1.66 bits per heavy atom. The summed E-state index contributed by atoms with van der Waals surface area (Å²) >= 11 is 0. The Hall–Kier alpha value is -6.74. The van der Waals surface area contributed by atoms with Gasteiger partial charge in [0.15, 0.2) is 17.2 Å². The van der Waals surface area contributed by atoms with E-state index in [4.69, 9.17) is 18.9 Å². The first-order valence-corrected chi connectivity index (χ1v) is 21.5. The first kappa shape index (κ1) is 46.3. The maximum atomic E-state index is 13.6. The summed E-state index contributed by atoms with van der Waals surface area (Å²) in [6.45, 7) is 7.22. The predicted octanol–water partition coefficient (Wildman–Crippen LogP) is 3.49. The number of rotatable bonds is 26. The van der Waals surface area contributed by atoms with Gasteiger partial charge in [0.2, 0.25) is 5.91 Å². The Kier molecular flexibility index (Phi) is 15.8. The van der Waals surface area contributed by atoms with E-state index in [1.165, 1.54) is 15.3 Å². The van der Waals surface area contributed by atoms with Crippen LogP contribution in [-0.4, -0.2) is 124 Å². The second-order valence-corrected chi connectivity index (χ2v) is 15.2. The van der Waals surface area contributed by atoms with Gasteiger partial charge in [-0.1, -0.05) is 18.2 Å². The lowest BCUT2D eigenvalue weighted by molar-refractivity contribution is -0.124. The number of nitrogens with zero attached hydrogens (tertiary/aromatic N) is 7. The van der Waals surface area contributed by atoms with Crippen molar-refractivity contribution in [2.24, 2.45) is 7.05 Å². The lowest BCUT2D eigenvalue weighted by Gasteiger charge is -2.16. The van der Waals surface area contributed by atoms with Crippen molar-refractivity contribution in [1.82, 2.24) is 43.9 Å². The molecule has 0 spiro atoms. The average Bonchev–Trinajstić information content (AvgIpc) is 3.73. The van der Waals surface area contributed by atoms with Crippen molar-refractivity contribution in [3.63, 3.8) is 0 Å². The number of amides is 2. The molecule has 1 aliphatic carbocycles. The molecule has 1 saturated carbocycles. The van der Waals surface area contributed by atoms with Crippen molar-refractivity contribution in [3.05, 3.63) is 118 Å². The second-order valence-electron chi connectivity index (χ2n) is 15.2. The lowest BCUT2D eigenvalue weighted by Crippen LogP contribution is -2.35. The number of carbonyl (C=O) groups excluding carboxylic acids is 2. The number of carbonyl (C=O) groups is 2. The van der Waals surface area contributed by atoms with Gasteiger partial charge in [0.25, 0.3) is 11.5 Å². The molecule has 4 N–H and O–H groups in total. The molecule has 344 valence electrons. The molecule has 65 heavy (non-hydrogen) atoms. The molecule has 6 aromatic rings. The molecule has 0 radical (unpaired) electrons. The largest absolute Gasteiger partial charge is 0.380 e. The maximum Gasteiger partial charge on any atom is 0.329 e. The van der Waals surface area contributed by atoms with Crippen LogP contribution in [-0.2, 0) is 37.2 Å². The van der Waals surface area contributed by atoms with Gasteiger partial charge in [0.1, 0.15) is 23.7 Å². The molecule has 2 amide bonds. The Bertz CT molecular complexity index is 2700. The van der Waals surface area contributed by atoms with Crippen molar-refractivity contribution in [3.8, 4) is 5.82 Å². The quantitative estimate of drug-likeness (QED) is 0.0455. The number of anilines is 3. The molecule has 7 rings (SSSR count). The molecule has 1 aliphatic rings. The molecule has 0 saturated heterocycles. The van der Waals surface area contributed by atoms with Crippen LogP contribution in [0.2, 0.25) is 0 Å². The van der Waals surface area contributed by atoms with Gasteiger partial charge >= 0.3 is 5.69 Å². The Labute approximate surface area is 373 Å². The van der Waals surface area contributed by atoms with Crippen molar-refractivity contribution in [2.75, 3.05) is 77.1 Å². The zero-order valence-electron chi connectivity index (χ0n) is 36.4. The number of fused-ring (bicyclic) bond motifs is 2. The van der Waals surface area contributed by atoms with Gasteiger partial charge in [-0.05, 0) is 61.2 Å². The van der Waals surface area contributed by atoms with Gasteiger partial charge in [-0.15, -0.1) is 11.7 Å². The van der Waals surface area contributed by atoms with E-state index in [0.717, 1.165) is 11.1 Å². The number of allylic oxidation sites excluding steroid dienone is 1. The number of likely N-dealkylation sites (N-methyl/N-ethyl adjacent to an activating group) is 1. The standard InChI is InChI=1S/C45H54FN11O8/c1-4-5-10-36(42(58)47-2)56-35-13-12-30(26-37(35)54(3)45(56)61)14-18-62-20-22-64-24-25-65-23-21-63-19-16-48-34-28-39(51-32-9-8-17-55(44(32)60)40-11-6-7-15-49-40)53-57-38(29-50-41(34)57)43(59)52-33-27-31(33)46/h4,6-9,11-13,15,17,26,28-29,31,33,36,48H,1,5,10,14,16,18-25,27H2,2-3H3,(H,47,58)(H,51,53)(H,52,59)/t31-,33+,36?/m0/s1. The molecule has 5 aromatic heterocycles. The van der Waals surface area contributed by atoms with E-state index in [2.05, 4.69) is 42.9 Å². The molecular formula is C45H54FN11O8. The molecular weight excluding hydrogens is 842 g/mol. The number of aromatic nitrogens is 7. The first-order chi connectivity index (χ1) is 31.7. The van der Waals surface area contributed by atoms with Gasteiger partial charge in [-0.3, -0.25) is 28.1 Å². The average molecular weight is 896 g/mol. The number of alkyl halides is 1. The minimum Gasteiger partial charge on any atom is -0.380 e. The number of halogens is 1. The fraction of sp³-hybridized carbons (Fsp3) is 0.400. The summed E-state index contributed by atoms with van der Waals surface area (Å²) in [6.07, 6.45) is 7.23. The first-order valence-electron chi connectivity index (χ1n) is 21.5. The van der Waals surface area contributed by atoms with Crippen molar-refractivity contribution < 1.29 is 32.9 Å². The monoisotopic (exact) mass is 895 g/mol. The van der Waals surface area contributed by atoms with E-state index >= 15 is 0 Å². The summed E-state index contributed by atoms with van der Waals surface area (Å²) in [7, 11) is 3.28. The van der Waals surface area contributed by atoms with E-state index in [1.807, 2.05) is 18.2 Å². The molecule has 1 unspecified atom stereocenters. The van der Waals surface area contributed by atoms with E-state index in [0.29, 0.717) is 101 Å². The van der Waals surface area contributed by atoms with Crippen LogP contribution in [0.15, 0.2) is 95.4 Å². The van der Waals surface area contributed by atoms with Crippen LogP contribution in [0.25, 0.3) is 22.5 Å². The van der Waals surface area contributed by atoms with Crippen LogP contribution in [0.3, 0.4) is 0 Å². The van der Waals surface area contributed by atoms with Crippen LogP contribution >= 0.6 is 0 Å². The Morgan fingerprint density at radius 3 is 2.35 bits per heavy atom. The molecule has 1 fully saturated rings. The number of imidazole rings is 2. The van der Waals surface area contributed by atoms with E-state index in [1.54, 1.807) is 78.1 Å². The maximum absolute atomic E-state index is 13.6. The third-order valence-corrected chi connectivity index (χ3v) is 10.7. The van der Waals surface area contributed by atoms with Crippen LogP contribution in [0, 0.1) is 0 Å².